The van der Waals surface area contributed by atoms with Crippen molar-refractivity contribution < 1.29 is 4.79 Å². The van der Waals surface area contributed by atoms with E-state index in [-0.39, 0.29) is 5.91 Å². The number of amides is 1. The van der Waals surface area contributed by atoms with Crippen LogP contribution in [0.3, 0.4) is 0 Å². The molecular formula is C21H24N6O. The Morgan fingerprint density at radius 2 is 2.00 bits per heavy atom. The summed E-state index contributed by atoms with van der Waals surface area (Å²) in [5, 5.41) is 7.79. The molecular weight excluding hydrogens is 352 g/mol. The predicted molar refractivity (Wildman–Crippen MR) is 107 cm³/mol. The molecule has 2 aromatic heterocycles. The molecule has 7 nitrogen and oxygen atoms in total. The molecule has 1 aliphatic heterocycles. The van der Waals surface area contributed by atoms with Gasteiger partial charge >= 0.3 is 0 Å². The van der Waals surface area contributed by atoms with Crippen LogP contribution < -0.4 is 5.32 Å². The molecule has 1 N–H and O–H groups in total. The second-order valence-electron chi connectivity index (χ2n) is 7.19. The van der Waals surface area contributed by atoms with Crippen LogP contribution in [-0.4, -0.2) is 37.1 Å². The maximum absolute atomic E-state index is 11.8. The van der Waals surface area contributed by atoms with Gasteiger partial charge in [0.2, 0.25) is 5.91 Å². The third-order valence-electron chi connectivity index (χ3n) is 4.86. The van der Waals surface area contributed by atoms with E-state index in [0.29, 0.717) is 31.1 Å². The van der Waals surface area contributed by atoms with Gasteiger partial charge in [-0.25, -0.2) is 9.67 Å². The minimum absolute atomic E-state index is 0.250. The van der Waals surface area contributed by atoms with Crippen molar-refractivity contribution in [3.05, 3.63) is 65.2 Å². The number of nitrogens with one attached hydrogen (secondary N) is 1. The third-order valence-corrected chi connectivity index (χ3v) is 4.86. The number of nitrogens with zero attached hydrogens (tertiary/aromatic N) is 5. The van der Waals surface area contributed by atoms with Gasteiger partial charge in [0.25, 0.3) is 0 Å². The SMILES string of the molecule is Cc1cc(C)n(-c2cncc(NCc3cccc(CN4CCCC4=O)c3)n2)n1. The monoisotopic (exact) mass is 376 g/mol. The van der Waals surface area contributed by atoms with Crippen LogP contribution in [0.25, 0.3) is 5.82 Å². The van der Waals surface area contributed by atoms with E-state index in [9.17, 15) is 4.79 Å². The normalized spacial score (nSPS) is 13.9. The van der Waals surface area contributed by atoms with Crippen molar-refractivity contribution in [1.82, 2.24) is 24.6 Å². The zero-order valence-electron chi connectivity index (χ0n) is 16.2. The van der Waals surface area contributed by atoms with Crippen LogP contribution in [-0.2, 0) is 17.9 Å². The molecule has 3 aromatic rings. The van der Waals surface area contributed by atoms with Crippen molar-refractivity contribution in [2.75, 3.05) is 11.9 Å². The third kappa shape index (κ3) is 4.03. The minimum Gasteiger partial charge on any atom is -0.365 e. The molecule has 1 fully saturated rings. The van der Waals surface area contributed by atoms with Crippen molar-refractivity contribution in [3.8, 4) is 5.82 Å². The first-order valence-electron chi connectivity index (χ1n) is 9.53. The first kappa shape index (κ1) is 18.2. The molecule has 1 aliphatic rings. The molecule has 0 radical (unpaired) electrons. The van der Waals surface area contributed by atoms with E-state index in [1.54, 1.807) is 17.1 Å². The van der Waals surface area contributed by atoms with Gasteiger partial charge in [-0.2, -0.15) is 5.10 Å². The molecule has 0 bridgehead atoms. The molecule has 1 saturated heterocycles. The molecule has 7 heteroatoms. The summed E-state index contributed by atoms with van der Waals surface area (Å²) in [6.45, 7) is 6.13. The smallest absolute Gasteiger partial charge is 0.222 e. The van der Waals surface area contributed by atoms with Crippen LogP contribution in [0.2, 0.25) is 0 Å². The van der Waals surface area contributed by atoms with Gasteiger partial charge in [-0.05, 0) is 37.5 Å². The largest absolute Gasteiger partial charge is 0.365 e. The summed E-state index contributed by atoms with van der Waals surface area (Å²) in [6, 6.07) is 10.3. The average Bonchev–Trinajstić information content (AvgIpc) is 3.25. The Kier molecular flexibility index (Phi) is 5.06. The zero-order valence-corrected chi connectivity index (χ0v) is 16.2. The van der Waals surface area contributed by atoms with Crippen LogP contribution >= 0.6 is 0 Å². The van der Waals surface area contributed by atoms with Crippen LogP contribution in [0.4, 0.5) is 5.82 Å². The second kappa shape index (κ2) is 7.80. The van der Waals surface area contributed by atoms with Gasteiger partial charge in [0.1, 0.15) is 5.82 Å². The van der Waals surface area contributed by atoms with Crippen molar-refractivity contribution in [2.24, 2.45) is 0 Å². The number of aryl methyl sites for hydroxylation is 2. The maximum atomic E-state index is 11.8. The molecule has 144 valence electrons. The molecule has 3 heterocycles. The summed E-state index contributed by atoms with van der Waals surface area (Å²) < 4.78 is 1.79. The molecule has 0 aliphatic carbocycles. The van der Waals surface area contributed by atoms with E-state index in [1.165, 1.54) is 0 Å². The summed E-state index contributed by atoms with van der Waals surface area (Å²) >= 11 is 0. The number of benzene rings is 1. The summed E-state index contributed by atoms with van der Waals surface area (Å²) in [7, 11) is 0. The fourth-order valence-corrected chi connectivity index (χ4v) is 3.53. The lowest BCUT2D eigenvalue weighted by molar-refractivity contribution is -0.128. The van der Waals surface area contributed by atoms with E-state index in [4.69, 9.17) is 0 Å². The highest BCUT2D eigenvalue weighted by Gasteiger charge is 2.19. The number of aromatic nitrogens is 4. The molecule has 4 rings (SSSR count). The summed E-state index contributed by atoms with van der Waals surface area (Å²) in [5.74, 6) is 1.64. The van der Waals surface area contributed by atoms with Crippen molar-refractivity contribution in [3.63, 3.8) is 0 Å². The topological polar surface area (TPSA) is 75.9 Å². The minimum atomic E-state index is 0.250. The lowest BCUT2D eigenvalue weighted by Gasteiger charge is -2.16. The van der Waals surface area contributed by atoms with E-state index >= 15 is 0 Å². The van der Waals surface area contributed by atoms with Gasteiger partial charge in [-0.3, -0.25) is 9.78 Å². The van der Waals surface area contributed by atoms with Crippen LogP contribution in [0.1, 0.15) is 35.4 Å². The van der Waals surface area contributed by atoms with Crippen LogP contribution in [0.15, 0.2) is 42.7 Å². The quantitative estimate of drug-likeness (QED) is 0.716. The Morgan fingerprint density at radius 1 is 1.14 bits per heavy atom. The highest BCUT2D eigenvalue weighted by Crippen LogP contribution is 2.16. The van der Waals surface area contributed by atoms with Crippen molar-refractivity contribution >= 4 is 11.7 Å². The Labute approximate surface area is 164 Å². The lowest BCUT2D eigenvalue weighted by atomic mass is 10.1. The first-order valence-corrected chi connectivity index (χ1v) is 9.53. The Morgan fingerprint density at radius 3 is 2.75 bits per heavy atom. The van der Waals surface area contributed by atoms with Gasteiger partial charge in [0.15, 0.2) is 5.82 Å². The van der Waals surface area contributed by atoms with Gasteiger partial charge in [0.05, 0.1) is 18.1 Å². The van der Waals surface area contributed by atoms with Crippen molar-refractivity contribution in [2.45, 2.75) is 39.8 Å². The molecule has 1 amide bonds. The average molecular weight is 376 g/mol. The highest BCUT2D eigenvalue weighted by atomic mass is 16.2. The number of anilines is 1. The Bertz CT molecular complexity index is 996. The van der Waals surface area contributed by atoms with Crippen molar-refractivity contribution in [1.29, 1.82) is 0 Å². The summed E-state index contributed by atoms with van der Waals surface area (Å²) in [5.41, 5.74) is 4.26. The van der Waals surface area contributed by atoms with E-state index < -0.39 is 0 Å². The molecule has 1 aromatic carbocycles. The van der Waals surface area contributed by atoms with E-state index in [1.807, 2.05) is 30.9 Å². The summed E-state index contributed by atoms with van der Waals surface area (Å²) in [6.07, 6.45) is 5.05. The Hall–Kier alpha value is -3.22. The standard InChI is InChI=1S/C21H24N6O/c1-15-9-16(2)27(25-15)20-13-22-12-19(24-20)23-11-17-5-3-6-18(10-17)14-26-8-4-7-21(26)28/h3,5-6,9-10,12-13H,4,7-8,11,14H2,1-2H3,(H,23,24). The number of rotatable bonds is 6. The zero-order chi connectivity index (χ0) is 19.5. The van der Waals surface area contributed by atoms with E-state index in [0.717, 1.165) is 35.5 Å². The molecule has 0 atom stereocenters. The number of likely N-dealkylation sites (tertiary alicyclic amines) is 1. The maximum Gasteiger partial charge on any atom is 0.222 e. The fourth-order valence-electron chi connectivity index (χ4n) is 3.53. The van der Waals surface area contributed by atoms with Gasteiger partial charge in [-0.15, -0.1) is 0 Å². The van der Waals surface area contributed by atoms with Gasteiger partial charge in [0, 0.05) is 31.7 Å². The molecule has 0 unspecified atom stereocenters. The highest BCUT2D eigenvalue weighted by molar-refractivity contribution is 5.78. The molecule has 28 heavy (non-hydrogen) atoms. The van der Waals surface area contributed by atoms with Crippen LogP contribution in [0, 0.1) is 13.8 Å². The molecule has 0 spiro atoms. The van der Waals surface area contributed by atoms with Crippen LogP contribution in [0.5, 0.6) is 0 Å². The van der Waals surface area contributed by atoms with Gasteiger partial charge < -0.3 is 10.2 Å². The fraction of sp³-hybridized carbons (Fsp3) is 0.333. The summed E-state index contributed by atoms with van der Waals surface area (Å²) in [4.78, 5) is 22.7. The predicted octanol–water partition coefficient (Wildman–Crippen LogP) is 3.01. The second-order valence-corrected chi connectivity index (χ2v) is 7.19. The number of hydrogen-bond donors (Lipinski definition) is 1. The first-order chi connectivity index (χ1) is 13.6. The number of hydrogen-bond acceptors (Lipinski definition) is 5. The van der Waals surface area contributed by atoms with Gasteiger partial charge in [-0.1, -0.05) is 24.3 Å². The van der Waals surface area contributed by atoms with E-state index in [2.05, 4.69) is 38.6 Å². The Balaban J connectivity index is 1.43. The lowest BCUT2D eigenvalue weighted by Crippen LogP contribution is -2.23. The molecule has 0 saturated carbocycles. The number of carbonyl (C=O) groups is 1. The number of carbonyl (C=O) groups excluding carboxylic acids is 1.